The van der Waals surface area contributed by atoms with Crippen LogP contribution in [0.15, 0.2) is 28.8 Å². The molecule has 0 atom stereocenters. The van der Waals surface area contributed by atoms with Crippen LogP contribution in [0.2, 0.25) is 0 Å². The number of rotatable bonds is 4. The van der Waals surface area contributed by atoms with Crippen molar-refractivity contribution >= 4 is 0 Å². The standard InChI is InChI=1S/C14H16N2O3/c1-17-11-4-2-10(3-5-11)9-18-14-12-8-15-7-6-13(12)19-16-14/h2-5,15H,6-9H2,1H3. The molecule has 19 heavy (non-hydrogen) atoms. The highest BCUT2D eigenvalue weighted by Gasteiger charge is 2.20. The van der Waals surface area contributed by atoms with Crippen molar-refractivity contribution < 1.29 is 14.0 Å². The van der Waals surface area contributed by atoms with Gasteiger partial charge in [-0.25, -0.2) is 0 Å². The number of nitrogens with one attached hydrogen (secondary N) is 1. The minimum absolute atomic E-state index is 0.475. The molecule has 1 aliphatic heterocycles. The third-order valence-electron chi connectivity index (χ3n) is 3.20. The zero-order chi connectivity index (χ0) is 13.1. The highest BCUT2D eigenvalue weighted by Crippen LogP contribution is 2.25. The Labute approximate surface area is 111 Å². The number of hydrogen-bond acceptors (Lipinski definition) is 5. The van der Waals surface area contributed by atoms with E-state index in [0.29, 0.717) is 12.5 Å². The van der Waals surface area contributed by atoms with Gasteiger partial charge in [0.2, 0.25) is 0 Å². The maximum absolute atomic E-state index is 5.72. The Bertz CT molecular complexity index is 548. The van der Waals surface area contributed by atoms with Gasteiger partial charge < -0.3 is 19.3 Å². The van der Waals surface area contributed by atoms with E-state index in [4.69, 9.17) is 14.0 Å². The Kier molecular flexibility index (Phi) is 3.37. The smallest absolute Gasteiger partial charge is 0.259 e. The second-order valence-corrected chi connectivity index (χ2v) is 4.45. The van der Waals surface area contributed by atoms with Crippen LogP contribution in [0.25, 0.3) is 0 Å². The lowest BCUT2D eigenvalue weighted by Crippen LogP contribution is -2.22. The van der Waals surface area contributed by atoms with Gasteiger partial charge in [-0.15, -0.1) is 0 Å². The van der Waals surface area contributed by atoms with Crippen LogP contribution in [0.3, 0.4) is 0 Å². The van der Waals surface area contributed by atoms with E-state index in [9.17, 15) is 0 Å². The number of aromatic nitrogens is 1. The first-order valence-electron chi connectivity index (χ1n) is 6.30. The molecule has 0 aliphatic carbocycles. The van der Waals surface area contributed by atoms with Crippen LogP contribution in [0, 0.1) is 0 Å². The van der Waals surface area contributed by atoms with E-state index in [-0.39, 0.29) is 0 Å². The molecular formula is C14H16N2O3. The maximum atomic E-state index is 5.72. The van der Waals surface area contributed by atoms with Crippen molar-refractivity contribution in [3.05, 3.63) is 41.2 Å². The molecule has 2 aromatic rings. The van der Waals surface area contributed by atoms with E-state index in [0.717, 1.165) is 42.1 Å². The Balaban J connectivity index is 1.66. The van der Waals surface area contributed by atoms with E-state index in [1.165, 1.54) is 0 Å². The molecule has 0 spiro atoms. The number of hydrogen-bond donors (Lipinski definition) is 1. The molecule has 1 aliphatic rings. The SMILES string of the molecule is COc1ccc(COc2noc3c2CNCC3)cc1. The fourth-order valence-corrected chi connectivity index (χ4v) is 2.10. The van der Waals surface area contributed by atoms with Crippen molar-refractivity contribution in [1.29, 1.82) is 0 Å². The molecule has 0 amide bonds. The van der Waals surface area contributed by atoms with Gasteiger partial charge in [0.1, 0.15) is 18.1 Å². The lowest BCUT2D eigenvalue weighted by Gasteiger charge is -2.11. The fraction of sp³-hybridized carbons (Fsp3) is 0.357. The van der Waals surface area contributed by atoms with Crippen LogP contribution in [0.5, 0.6) is 11.6 Å². The minimum atomic E-state index is 0.475. The van der Waals surface area contributed by atoms with Gasteiger partial charge in [0, 0.05) is 19.5 Å². The summed E-state index contributed by atoms with van der Waals surface area (Å²) in [6, 6.07) is 7.78. The lowest BCUT2D eigenvalue weighted by atomic mass is 10.1. The van der Waals surface area contributed by atoms with Crippen molar-refractivity contribution in [3.63, 3.8) is 0 Å². The molecule has 0 unspecified atom stereocenters. The molecule has 0 saturated carbocycles. The van der Waals surface area contributed by atoms with E-state index < -0.39 is 0 Å². The van der Waals surface area contributed by atoms with E-state index >= 15 is 0 Å². The number of nitrogens with zero attached hydrogens (tertiary/aromatic N) is 1. The average Bonchev–Trinajstić information content (AvgIpc) is 2.89. The van der Waals surface area contributed by atoms with Crippen LogP contribution in [-0.2, 0) is 19.6 Å². The molecular weight excluding hydrogens is 244 g/mol. The average molecular weight is 260 g/mol. The highest BCUT2D eigenvalue weighted by atomic mass is 16.5. The summed E-state index contributed by atoms with van der Waals surface area (Å²) in [5.74, 6) is 2.37. The molecule has 1 aromatic carbocycles. The van der Waals surface area contributed by atoms with E-state index in [1.54, 1.807) is 7.11 Å². The summed E-state index contributed by atoms with van der Waals surface area (Å²) in [5, 5.41) is 7.27. The van der Waals surface area contributed by atoms with Crippen molar-refractivity contribution in [2.75, 3.05) is 13.7 Å². The molecule has 5 nitrogen and oxygen atoms in total. The van der Waals surface area contributed by atoms with Gasteiger partial charge in [-0.2, -0.15) is 0 Å². The van der Waals surface area contributed by atoms with Gasteiger partial charge in [0.15, 0.2) is 0 Å². The van der Waals surface area contributed by atoms with Gasteiger partial charge in [-0.1, -0.05) is 12.1 Å². The zero-order valence-corrected chi connectivity index (χ0v) is 10.8. The molecule has 3 rings (SSSR count). The molecule has 0 saturated heterocycles. The van der Waals surface area contributed by atoms with Gasteiger partial charge in [0.05, 0.1) is 12.7 Å². The molecule has 1 aromatic heterocycles. The first-order valence-corrected chi connectivity index (χ1v) is 6.30. The summed E-state index contributed by atoms with van der Waals surface area (Å²) in [6.07, 6.45) is 0.869. The second kappa shape index (κ2) is 5.32. The minimum Gasteiger partial charge on any atom is -0.497 e. The molecule has 0 fully saturated rings. The number of benzene rings is 1. The Morgan fingerprint density at radius 2 is 2.16 bits per heavy atom. The van der Waals surface area contributed by atoms with E-state index in [2.05, 4.69) is 10.5 Å². The number of ether oxygens (including phenoxy) is 2. The zero-order valence-electron chi connectivity index (χ0n) is 10.8. The van der Waals surface area contributed by atoms with Gasteiger partial charge in [-0.05, 0) is 22.9 Å². The maximum Gasteiger partial charge on any atom is 0.259 e. The summed E-state index contributed by atoms with van der Waals surface area (Å²) in [6.45, 7) is 2.17. The summed E-state index contributed by atoms with van der Waals surface area (Å²) < 4.78 is 16.1. The molecule has 2 heterocycles. The van der Waals surface area contributed by atoms with Crippen LogP contribution in [0.1, 0.15) is 16.9 Å². The summed E-state index contributed by atoms with van der Waals surface area (Å²) in [4.78, 5) is 0. The molecule has 5 heteroatoms. The van der Waals surface area contributed by atoms with Crippen LogP contribution in [-0.4, -0.2) is 18.8 Å². The third-order valence-corrected chi connectivity index (χ3v) is 3.20. The van der Waals surface area contributed by atoms with Crippen molar-refractivity contribution in [1.82, 2.24) is 10.5 Å². The Hall–Kier alpha value is -2.01. The van der Waals surface area contributed by atoms with Gasteiger partial charge >= 0.3 is 0 Å². The van der Waals surface area contributed by atoms with Gasteiger partial charge in [-0.3, -0.25) is 0 Å². The molecule has 100 valence electrons. The van der Waals surface area contributed by atoms with Crippen LogP contribution >= 0.6 is 0 Å². The van der Waals surface area contributed by atoms with E-state index in [1.807, 2.05) is 24.3 Å². The highest BCUT2D eigenvalue weighted by molar-refractivity contribution is 5.31. The fourth-order valence-electron chi connectivity index (χ4n) is 2.10. The van der Waals surface area contributed by atoms with Crippen LogP contribution in [0.4, 0.5) is 0 Å². The summed E-state index contributed by atoms with van der Waals surface area (Å²) in [7, 11) is 1.65. The molecule has 0 radical (unpaired) electrons. The quantitative estimate of drug-likeness (QED) is 0.910. The van der Waals surface area contributed by atoms with Gasteiger partial charge in [0.25, 0.3) is 5.88 Å². The molecule has 0 bridgehead atoms. The Morgan fingerprint density at radius 1 is 1.32 bits per heavy atom. The largest absolute Gasteiger partial charge is 0.497 e. The van der Waals surface area contributed by atoms with Crippen molar-refractivity contribution in [3.8, 4) is 11.6 Å². The first kappa shape index (κ1) is 12.0. The first-order chi connectivity index (χ1) is 9.36. The summed E-state index contributed by atoms with van der Waals surface area (Å²) in [5.41, 5.74) is 2.11. The lowest BCUT2D eigenvalue weighted by molar-refractivity contribution is 0.265. The summed E-state index contributed by atoms with van der Waals surface area (Å²) >= 11 is 0. The monoisotopic (exact) mass is 260 g/mol. The number of fused-ring (bicyclic) bond motifs is 1. The third kappa shape index (κ3) is 2.56. The normalized spacial score (nSPS) is 13.9. The topological polar surface area (TPSA) is 56.5 Å². The van der Waals surface area contributed by atoms with Crippen molar-refractivity contribution in [2.45, 2.75) is 19.6 Å². The molecule has 1 N–H and O–H groups in total. The van der Waals surface area contributed by atoms with Crippen LogP contribution < -0.4 is 14.8 Å². The van der Waals surface area contributed by atoms with Crippen molar-refractivity contribution in [2.24, 2.45) is 0 Å². The predicted octanol–water partition coefficient (Wildman–Crippen LogP) is 1.91. The second-order valence-electron chi connectivity index (χ2n) is 4.45. The predicted molar refractivity (Wildman–Crippen MR) is 69.2 cm³/mol. The Morgan fingerprint density at radius 3 is 2.95 bits per heavy atom. The number of methoxy groups -OCH3 is 1.